The van der Waals surface area contributed by atoms with Gasteiger partial charge in [0, 0.05) is 13.1 Å². The Morgan fingerprint density at radius 3 is 2.82 bits per heavy atom. The minimum absolute atomic E-state index is 0.000316. The van der Waals surface area contributed by atoms with Gasteiger partial charge in [-0.1, -0.05) is 13.3 Å². The molecule has 1 N–H and O–H groups in total. The predicted octanol–water partition coefficient (Wildman–Crippen LogP) is 3.36. The highest BCUT2D eigenvalue weighted by Crippen LogP contribution is 2.31. The van der Waals surface area contributed by atoms with Crippen LogP contribution in [0.4, 0.5) is 0 Å². The maximum atomic E-state index is 12.9. The first-order valence-electron chi connectivity index (χ1n) is 8.15. The molecule has 2 heterocycles. The number of aryl methyl sites for hydroxylation is 1. The van der Waals surface area contributed by atoms with Crippen molar-refractivity contribution in [3.63, 3.8) is 0 Å². The smallest absolute Gasteiger partial charge is 0.265 e. The Kier molecular flexibility index (Phi) is 5.62. The van der Waals surface area contributed by atoms with E-state index in [0.29, 0.717) is 13.1 Å². The van der Waals surface area contributed by atoms with Crippen molar-refractivity contribution in [3.8, 4) is 0 Å². The van der Waals surface area contributed by atoms with Crippen molar-refractivity contribution in [2.24, 2.45) is 0 Å². The second-order valence-corrected chi connectivity index (χ2v) is 7.15. The van der Waals surface area contributed by atoms with Gasteiger partial charge in [-0.2, -0.15) is 0 Å². The molecule has 0 spiro atoms. The van der Waals surface area contributed by atoms with Gasteiger partial charge in [0.2, 0.25) is 5.91 Å². The highest BCUT2D eigenvalue weighted by Gasteiger charge is 2.44. The fraction of sp³-hybridized carbons (Fsp3) is 0.647. The van der Waals surface area contributed by atoms with E-state index in [1.54, 1.807) is 4.90 Å². The first kappa shape index (κ1) is 17.0. The molecule has 1 aliphatic rings. The van der Waals surface area contributed by atoms with Gasteiger partial charge in [0.1, 0.15) is 5.54 Å². The zero-order chi connectivity index (χ0) is 16.2. The molecular weight excluding hydrogens is 296 g/mol. The second kappa shape index (κ2) is 7.27. The highest BCUT2D eigenvalue weighted by molar-refractivity contribution is 7.12. The molecule has 0 saturated carbocycles. The Bertz CT molecular complexity index is 541. The monoisotopic (exact) mass is 322 g/mol. The fourth-order valence-electron chi connectivity index (χ4n) is 2.97. The van der Waals surface area contributed by atoms with Crippen molar-refractivity contribution >= 4 is 23.2 Å². The number of hydrogen-bond donors (Lipinski definition) is 1. The van der Waals surface area contributed by atoms with Crippen LogP contribution in [0.25, 0.3) is 0 Å². The van der Waals surface area contributed by atoms with E-state index < -0.39 is 5.54 Å². The number of nitrogens with zero attached hydrogens (tertiary/aromatic N) is 1. The summed E-state index contributed by atoms with van der Waals surface area (Å²) in [5.41, 5.74) is 0.272. The van der Waals surface area contributed by atoms with Crippen molar-refractivity contribution < 1.29 is 9.59 Å². The number of likely N-dealkylation sites (tertiary alicyclic amines) is 1. The van der Waals surface area contributed by atoms with E-state index in [1.165, 1.54) is 11.3 Å². The molecule has 1 aromatic heterocycles. The van der Waals surface area contributed by atoms with Crippen LogP contribution >= 0.6 is 11.3 Å². The standard InChI is InChI=1S/C17H26N2O2S/c1-4-5-10-18-16(21)17(3)9-6-7-11-19(17)15(20)14-13(2)8-12-22-14/h8,12H,4-7,9-11H2,1-3H3,(H,18,21). The van der Waals surface area contributed by atoms with Crippen LogP contribution in [-0.2, 0) is 4.79 Å². The third-order valence-electron chi connectivity index (χ3n) is 4.50. The average Bonchev–Trinajstić information content (AvgIpc) is 2.93. The van der Waals surface area contributed by atoms with Gasteiger partial charge < -0.3 is 10.2 Å². The Hall–Kier alpha value is -1.36. The predicted molar refractivity (Wildman–Crippen MR) is 90.3 cm³/mol. The van der Waals surface area contributed by atoms with Crippen LogP contribution in [0.15, 0.2) is 11.4 Å². The SMILES string of the molecule is CCCCNC(=O)C1(C)CCCCN1C(=O)c1sccc1C. The molecule has 1 unspecified atom stereocenters. The Morgan fingerprint density at radius 1 is 1.41 bits per heavy atom. The topological polar surface area (TPSA) is 49.4 Å². The number of unbranched alkanes of at least 4 members (excludes halogenated alkanes) is 1. The van der Waals surface area contributed by atoms with Gasteiger partial charge in [-0.15, -0.1) is 11.3 Å². The Labute approximate surface area is 136 Å². The van der Waals surface area contributed by atoms with Crippen LogP contribution in [0, 0.1) is 6.92 Å². The highest BCUT2D eigenvalue weighted by atomic mass is 32.1. The minimum atomic E-state index is -0.723. The molecular formula is C17H26N2O2S. The number of amides is 2. The lowest BCUT2D eigenvalue weighted by Gasteiger charge is -2.43. The molecule has 0 aromatic carbocycles. The van der Waals surface area contributed by atoms with E-state index in [-0.39, 0.29) is 11.8 Å². The summed E-state index contributed by atoms with van der Waals surface area (Å²) in [7, 11) is 0. The normalized spacial score (nSPS) is 21.7. The van der Waals surface area contributed by atoms with E-state index in [2.05, 4.69) is 12.2 Å². The first-order valence-corrected chi connectivity index (χ1v) is 9.03. The number of thiophene rings is 1. The molecule has 22 heavy (non-hydrogen) atoms. The zero-order valence-corrected chi connectivity index (χ0v) is 14.6. The van der Waals surface area contributed by atoms with Crippen molar-refractivity contribution in [3.05, 3.63) is 21.9 Å². The van der Waals surface area contributed by atoms with Crippen LogP contribution in [0.3, 0.4) is 0 Å². The summed E-state index contributed by atoms with van der Waals surface area (Å²) in [6, 6.07) is 1.96. The Balaban J connectivity index is 2.18. The lowest BCUT2D eigenvalue weighted by molar-refractivity contribution is -0.133. The summed E-state index contributed by atoms with van der Waals surface area (Å²) in [6.07, 6.45) is 4.72. The average molecular weight is 322 g/mol. The van der Waals surface area contributed by atoms with E-state index >= 15 is 0 Å². The largest absolute Gasteiger partial charge is 0.354 e. The molecule has 1 fully saturated rings. The van der Waals surface area contributed by atoms with Gasteiger partial charge in [-0.05, 0) is 56.5 Å². The van der Waals surface area contributed by atoms with Gasteiger partial charge in [0.25, 0.3) is 5.91 Å². The van der Waals surface area contributed by atoms with Crippen molar-refractivity contribution in [2.45, 2.75) is 58.4 Å². The van der Waals surface area contributed by atoms with Crippen LogP contribution in [0.1, 0.15) is 61.2 Å². The lowest BCUT2D eigenvalue weighted by Crippen LogP contribution is -2.61. The first-order chi connectivity index (χ1) is 10.5. The lowest BCUT2D eigenvalue weighted by atomic mass is 9.87. The van der Waals surface area contributed by atoms with Crippen LogP contribution in [0.2, 0.25) is 0 Å². The summed E-state index contributed by atoms with van der Waals surface area (Å²) in [4.78, 5) is 28.1. The molecule has 2 rings (SSSR count). The van der Waals surface area contributed by atoms with Crippen molar-refractivity contribution in [1.29, 1.82) is 0 Å². The third-order valence-corrected chi connectivity index (χ3v) is 5.50. The Morgan fingerprint density at radius 2 is 2.18 bits per heavy atom. The van der Waals surface area contributed by atoms with Gasteiger partial charge >= 0.3 is 0 Å². The fourth-order valence-corrected chi connectivity index (χ4v) is 3.84. The maximum Gasteiger partial charge on any atom is 0.265 e. The third kappa shape index (κ3) is 3.35. The van der Waals surface area contributed by atoms with Crippen molar-refractivity contribution in [2.75, 3.05) is 13.1 Å². The van der Waals surface area contributed by atoms with Gasteiger partial charge in [0.15, 0.2) is 0 Å². The van der Waals surface area contributed by atoms with Crippen LogP contribution in [-0.4, -0.2) is 35.3 Å². The minimum Gasteiger partial charge on any atom is -0.354 e. The molecule has 1 atom stereocenters. The molecule has 0 radical (unpaired) electrons. The number of hydrogen-bond acceptors (Lipinski definition) is 3. The van der Waals surface area contributed by atoms with E-state index in [1.807, 2.05) is 25.3 Å². The van der Waals surface area contributed by atoms with E-state index in [4.69, 9.17) is 0 Å². The molecule has 1 saturated heterocycles. The van der Waals surface area contributed by atoms with Gasteiger partial charge in [-0.3, -0.25) is 9.59 Å². The summed E-state index contributed by atoms with van der Waals surface area (Å²) in [5.74, 6) is -0.0106. The zero-order valence-electron chi connectivity index (χ0n) is 13.8. The maximum absolute atomic E-state index is 12.9. The number of nitrogens with one attached hydrogen (secondary N) is 1. The molecule has 0 aliphatic carbocycles. The molecule has 2 amide bonds. The van der Waals surface area contributed by atoms with E-state index in [0.717, 1.165) is 42.5 Å². The number of carbonyl (C=O) groups excluding carboxylic acids is 2. The second-order valence-electron chi connectivity index (χ2n) is 6.23. The van der Waals surface area contributed by atoms with Gasteiger partial charge in [-0.25, -0.2) is 0 Å². The summed E-state index contributed by atoms with van der Waals surface area (Å²) >= 11 is 1.46. The van der Waals surface area contributed by atoms with E-state index in [9.17, 15) is 9.59 Å². The van der Waals surface area contributed by atoms with Crippen LogP contribution < -0.4 is 5.32 Å². The van der Waals surface area contributed by atoms with Crippen molar-refractivity contribution in [1.82, 2.24) is 10.2 Å². The summed E-state index contributed by atoms with van der Waals surface area (Å²) in [5, 5.41) is 4.94. The molecule has 1 aromatic rings. The molecule has 1 aliphatic heterocycles. The molecule has 5 heteroatoms. The molecule has 122 valence electrons. The number of rotatable bonds is 5. The van der Waals surface area contributed by atoms with Crippen LogP contribution in [0.5, 0.6) is 0 Å². The quantitative estimate of drug-likeness (QED) is 0.845. The van der Waals surface area contributed by atoms with Gasteiger partial charge in [0.05, 0.1) is 4.88 Å². The molecule has 0 bridgehead atoms. The number of carbonyl (C=O) groups is 2. The summed E-state index contributed by atoms with van der Waals surface area (Å²) in [6.45, 7) is 7.31. The number of piperidine rings is 1. The molecule has 4 nitrogen and oxygen atoms in total. The summed E-state index contributed by atoms with van der Waals surface area (Å²) < 4.78 is 0.